The van der Waals surface area contributed by atoms with Crippen LogP contribution in [0.3, 0.4) is 0 Å². The molecule has 0 saturated heterocycles. The highest BCUT2D eigenvalue weighted by atomic mass is 16.5. The molecular formula is C17H21N3O2. The van der Waals surface area contributed by atoms with Crippen LogP contribution in [0.15, 0.2) is 36.7 Å². The predicted octanol–water partition coefficient (Wildman–Crippen LogP) is 2.16. The molecule has 3 rings (SSSR count). The van der Waals surface area contributed by atoms with E-state index in [4.69, 9.17) is 4.74 Å². The maximum atomic E-state index is 12.3. The zero-order valence-electron chi connectivity index (χ0n) is 12.9. The third-order valence-electron chi connectivity index (χ3n) is 4.00. The first-order chi connectivity index (χ1) is 10.7. The number of benzene rings is 1. The van der Waals surface area contributed by atoms with Crippen LogP contribution in [0.1, 0.15) is 24.2 Å². The van der Waals surface area contributed by atoms with Crippen molar-refractivity contribution in [2.75, 3.05) is 13.2 Å². The molecule has 1 aromatic heterocycles. The predicted molar refractivity (Wildman–Crippen MR) is 83.5 cm³/mol. The number of carbonyl (C=O) groups excluding carboxylic acids is 1. The number of para-hydroxylation sites is 1. The van der Waals surface area contributed by atoms with Crippen LogP contribution >= 0.6 is 0 Å². The fourth-order valence-corrected chi connectivity index (χ4v) is 2.72. The second-order valence-corrected chi connectivity index (χ2v) is 5.58. The summed E-state index contributed by atoms with van der Waals surface area (Å²) in [5.41, 5.74) is 2.28. The van der Waals surface area contributed by atoms with E-state index < -0.39 is 0 Å². The van der Waals surface area contributed by atoms with E-state index in [2.05, 4.69) is 4.98 Å². The van der Waals surface area contributed by atoms with Gasteiger partial charge >= 0.3 is 0 Å². The quantitative estimate of drug-likeness (QED) is 0.795. The largest absolute Gasteiger partial charge is 0.494 e. The van der Waals surface area contributed by atoms with Gasteiger partial charge in [0.2, 0.25) is 5.91 Å². The van der Waals surface area contributed by atoms with Gasteiger partial charge in [-0.15, -0.1) is 0 Å². The number of fused-ring (bicyclic) bond motifs is 1. The summed E-state index contributed by atoms with van der Waals surface area (Å²) in [5.74, 6) is 1.05. The van der Waals surface area contributed by atoms with Gasteiger partial charge in [0.05, 0.1) is 30.9 Å². The van der Waals surface area contributed by atoms with Crippen molar-refractivity contribution in [2.45, 2.75) is 25.8 Å². The Bertz CT molecular complexity index is 637. The van der Waals surface area contributed by atoms with Gasteiger partial charge in [0.1, 0.15) is 5.75 Å². The Labute approximate surface area is 130 Å². The molecule has 1 aromatic carbocycles. The minimum absolute atomic E-state index is 0.198. The van der Waals surface area contributed by atoms with Gasteiger partial charge in [-0.1, -0.05) is 18.2 Å². The molecule has 0 aliphatic carbocycles. The Kier molecular flexibility index (Phi) is 4.42. The second-order valence-electron chi connectivity index (χ2n) is 5.58. The van der Waals surface area contributed by atoms with E-state index in [1.165, 1.54) is 0 Å². The fourth-order valence-electron chi connectivity index (χ4n) is 2.72. The molecule has 0 fully saturated rings. The maximum Gasteiger partial charge on any atom is 0.223 e. The van der Waals surface area contributed by atoms with Gasteiger partial charge in [-0.05, 0) is 18.6 Å². The van der Waals surface area contributed by atoms with Crippen LogP contribution in [-0.4, -0.2) is 33.5 Å². The summed E-state index contributed by atoms with van der Waals surface area (Å²) in [6.45, 7) is 2.01. The van der Waals surface area contributed by atoms with Crippen molar-refractivity contribution in [3.8, 4) is 5.75 Å². The lowest BCUT2D eigenvalue weighted by Crippen LogP contribution is -2.36. The van der Waals surface area contributed by atoms with Crippen molar-refractivity contribution in [1.29, 1.82) is 0 Å². The summed E-state index contributed by atoms with van der Waals surface area (Å²) in [7, 11) is 1.98. The number of carbonyl (C=O) groups is 1. The van der Waals surface area contributed by atoms with E-state index in [1.54, 1.807) is 0 Å². The molecule has 0 N–H and O–H groups in total. The normalized spacial score (nSPS) is 13.8. The monoisotopic (exact) mass is 299 g/mol. The Morgan fingerprint density at radius 3 is 2.95 bits per heavy atom. The zero-order chi connectivity index (χ0) is 15.4. The van der Waals surface area contributed by atoms with Crippen molar-refractivity contribution in [3.05, 3.63) is 48.0 Å². The Morgan fingerprint density at radius 1 is 1.32 bits per heavy atom. The summed E-state index contributed by atoms with van der Waals surface area (Å²) in [5, 5.41) is 0. The van der Waals surface area contributed by atoms with E-state index in [0.717, 1.165) is 36.5 Å². The molecule has 2 heterocycles. The van der Waals surface area contributed by atoms with Gasteiger partial charge in [-0.3, -0.25) is 4.79 Å². The summed E-state index contributed by atoms with van der Waals surface area (Å²) in [6.07, 6.45) is 3.94. The average molecular weight is 299 g/mol. The third-order valence-corrected chi connectivity index (χ3v) is 4.00. The van der Waals surface area contributed by atoms with Crippen LogP contribution in [0.5, 0.6) is 5.75 Å². The van der Waals surface area contributed by atoms with Crippen LogP contribution in [0.4, 0.5) is 0 Å². The molecule has 0 spiro atoms. The van der Waals surface area contributed by atoms with Crippen LogP contribution < -0.4 is 4.74 Å². The standard InChI is InChI=1S/C17H21N3O2/c1-19-13-18-15-9-10-20(12-16(15)19)17(21)8-5-11-22-14-6-3-2-4-7-14/h2-4,6-7,13H,5,8-12H2,1H3. The van der Waals surface area contributed by atoms with E-state index in [-0.39, 0.29) is 5.91 Å². The highest BCUT2D eigenvalue weighted by Crippen LogP contribution is 2.18. The molecule has 2 aromatic rings. The van der Waals surface area contributed by atoms with Crippen LogP contribution in [0.2, 0.25) is 0 Å². The third kappa shape index (κ3) is 3.30. The fraction of sp³-hybridized carbons (Fsp3) is 0.412. The van der Waals surface area contributed by atoms with Gasteiger partial charge < -0.3 is 14.2 Å². The minimum Gasteiger partial charge on any atom is -0.494 e. The second kappa shape index (κ2) is 6.64. The first-order valence-corrected chi connectivity index (χ1v) is 7.69. The number of rotatable bonds is 5. The number of aromatic nitrogens is 2. The average Bonchev–Trinajstić information content (AvgIpc) is 2.93. The maximum absolute atomic E-state index is 12.3. The molecule has 22 heavy (non-hydrogen) atoms. The molecule has 5 heteroatoms. The lowest BCUT2D eigenvalue weighted by atomic mass is 10.1. The van der Waals surface area contributed by atoms with Crippen molar-refractivity contribution in [2.24, 2.45) is 7.05 Å². The molecule has 0 saturated carbocycles. The summed E-state index contributed by atoms with van der Waals surface area (Å²) < 4.78 is 7.63. The van der Waals surface area contributed by atoms with Gasteiger partial charge in [0.15, 0.2) is 0 Å². The number of nitrogens with zero attached hydrogens (tertiary/aromatic N) is 3. The summed E-state index contributed by atoms with van der Waals surface area (Å²) in [4.78, 5) is 18.6. The van der Waals surface area contributed by atoms with Gasteiger partial charge in [0.25, 0.3) is 0 Å². The first kappa shape index (κ1) is 14.6. The lowest BCUT2D eigenvalue weighted by molar-refractivity contribution is -0.132. The SMILES string of the molecule is Cn1cnc2c1CN(C(=O)CCCOc1ccccc1)CC2. The van der Waals surface area contributed by atoms with E-state index in [1.807, 2.05) is 53.2 Å². The van der Waals surface area contributed by atoms with E-state index >= 15 is 0 Å². The lowest BCUT2D eigenvalue weighted by Gasteiger charge is -2.27. The zero-order valence-corrected chi connectivity index (χ0v) is 12.9. The first-order valence-electron chi connectivity index (χ1n) is 7.69. The van der Waals surface area contributed by atoms with Crippen molar-refractivity contribution < 1.29 is 9.53 Å². The van der Waals surface area contributed by atoms with Crippen LogP contribution in [0.25, 0.3) is 0 Å². The smallest absolute Gasteiger partial charge is 0.223 e. The molecule has 0 bridgehead atoms. The Hall–Kier alpha value is -2.30. The van der Waals surface area contributed by atoms with E-state index in [9.17, 15) is 4.79 Å². The topological polar surface area (TPSA) is 47.4 Å². The van der Waals surface area contributed by atoms with E-state index in [0.29, 0.717) is 19.6 Å². The van der Waals surface area contributed by atoms with Crippen LogP contribution in [-0.2, 0) is 24.8 Å². The van der Waals surface area contributed by atoms with Gasteiger partial charge in [0, 0.05) is 26.4 Å². The minimum atomic E-state index is 0.198. The molecule has 0 unspecified atom stereocenters. The number of aryl methyl sites for hydroxylation is 1. The highest BCUT2D eigenvalue weighted by Gasteiger charge is 2.23. The van der Waals surface area contributed by atoms with Gasteiger partial charge in [-0.2, -0.15) is 0 Å². The number of amides is 1. The molecule has 0 radical (unpaired) electrons. The molecule has 1 aliphatic heterocycles. The molecule has 116 valence electrons. The van der Waals surface area contributed by atoms with Crippen molar-refractivity contribution in [3.63, 3.8) is 0 Å². The molecule has 1 amide bonds. The highest BCUT2D eigenvalue weighted by molar-refractivity contribution is 5.76. The summed E-state index contributed by atoms with van der Waals surface area (Å²) >= 11 is 0. The van der Waals surface area contributed by atoms with Crippen LogP contribution in [0, 0.1) is 0 Å². The Balaban J connectivity index is 1.44. The number of imidazole rings is 1. The number of hydrogen-bond donors (Lipinski definition) is 0. The number of ether oxygens (including phenoxy) is 1. The Morgan fingerprint density at radius 2 is 2.14 bits per heavy atom. The van der Waals surface area contributed by atoms with Crippen molar-refractivity contribution in [1.82, 2.24) is 14.5 Å². The van der Waals surface area contributed by atoms with Gasteiger partial charge in [-0.25, -0.2) is 4.98 Å². The molecule has 5 nitrogen and oxygen atoms in total. The molecule has 0 atom stereocenters. The molecular weight excluding hydrogens is 278 g/mol. The number of hydrogen-bond acceptors (Lipinski definition) is 3. The molecule has 1 aliphatic rings. The summed E-state index contributed by atoms with van der Waals surface area (Å²) in [6, 6.07) is 9.70. The van der Waals surface area contributed by atoms with Crippen molar-refractivity contribution >= 4 is 5.91 Å².